The normalized spacial score (nSPS) is 29.7. The largest absolute Gasteiger partial charge is 0.447 e. The van der Waals surface area contributed by atoms with E-state index in [4.69, 9.17) is 4.74 Å². The van der Waals surface area contributed by atoms with Gasteiger partial charge in [-0.1, -0.05) is 36.4 Å². The van der Waals surface area contributed by atoms with Gasteiger partial charge in [0.05, 0.1) is 17.5 Å². The van der Waals surface area contributed by atoms with Gasteiger partial charge in [0.2, 0.25) is 0 Å². The zero-order valence-corrected chi connectivity index (χ0v) is 19.1. The molecule has 0 radical (unpaired) electrons. The predicted octanol–water partition coefficient (Wildman–Crippen LogP) is 5.18. The summed E-state index contributed by atoms with van der Waals surface area (Å²) in [4.78, 5) is 16.6. The van der Waals surface area contributed by atoms with Gasteiger partial charge in [-0.15, -0.1) is 0 Å². The second-order valence-corrected chi connectivity index (χ2v) is 9.86. The third-order valence-corrected chi connectivity index (χ3v) is 7.94. The van der Waals surface area contributed by atoms with Crippen molar-refractivity contribution in [2.75, 3.05) is 26.2 Å². The first-order chi connectivity index (χ1) is 16.5. The lowest BCUT2D eigenvalue weighted by molar-refractivity contribution is 0.144. The number of nitrogens with zero attached hydrogens (tertiary/aromatic N) is 3. The number of rotatable bonds is 5. The number of likely N-dealkylation sites (tertiary alicyclic amines) is 1. The van der Waals surface area contributed by atoms with E-state index in [1.54, 1.807) is 4.90 Å². The van der Waals surface area contributed by atoms with Crippen LogP contribution in [0, 0.1) is 28.9 Å². The molecule has 3 fully saturated rings. The highest BCUT2D eigenvalue weighted by atomic mass is 19.2. The first-order valence-corrected chi connectivity index (χ1v) is 12.1. The second kappa shape index (κ2) is 9.34. The van der Waals surface area contributed by atoms with Crippen molar-refractivity contribution < 1.29 is 18.3 Å². The van der Waals surface area contributed by atoms with Crippen molar-refractivity contribution in [3.63, 3.8) is 0 Å². The lowest BCUT2D eigenvalue weighted by Gasteiger charge is -2.39. The van der Waals surface area contributed by atoms with E-state index in [2.05, 4.69) is 23.1 Å². The Morgan fingerprint density at radius 2 is 1.82 bits per heavy atom. The van der Waals surface area contributed by atoms with Crippen LogP contribution >= 0.6 is 0 Å². The van der Waals surface area contributed by atoms with Gasteiger partial charge < -0.3 is 9.64 Å². The minimum Gasteiger partial charge on any atom is -0.447 e. The summed E-state index contributed by atoms with van der Waals surface area (Å²) in [5, 5.41) is 9.97. The summed E-state index contributed by atoms with van der Waals surface area (Å²) >= 11 is 0. The Labute approximate surface area is 198 Å². The summed E-state index contributed by atoms with van der Waals surface area (Å²) in [7, 11) is 0. The van der Waals surface area contributed by atoms with Crippen LogP contribution in [0.25, 0.3) is 0 Å². The molecule has 0 bridgehead atoms. The van der Waals surface area contributed by atoms with Crippen LogP contribution in [0.5, 0.6) is 0 Å². The summed E-state index contributed by atoms with van der Waals surface area (Å²) < 4.78 is 32.4. The van der Waals surface area contributed by atoms with Crippen LogP contribution in [0.1, 0.15) is 49.3 Å². The molecule has 7 heteroatoms. The summed E-state index contributed by atoms with van der Waals surface area (Å²) in [6, 6.07) is 16.6. The van der Waals surface area contributed by atoms with Crippen molar-refractivity contribution in [2.45, 2.75) is 49.6 Å². The quantitative estimate of drug-likeness (QED) is 0.610. The lowest BCUT2D eigenvalue weighted by atomic mass is 9.69. The molecule has 5 rings (SSSR count). The van der Waals surface area contributed by atoms with E-state index in [0.717, 1.165) is 62.9 Å². The molecule has 0 spiro atoms. The van der Waals surface area contributed by atoms with E-state index in [1.807, 2.05) is 18.2 Å². The molecule has 0 N–H and O–H groups in total. The molecule has 5 nitrogen and oxygen atoms in total. The molecule has 3 aliphatic rings. The van der Waals surface area contributed by atoms with Gasteiger partial charge in [0, 0.05) is 19.1 Å². The highest BCUT2D eigenvalue weighted by Gasteiger charge is 2.41. The van der Waals surface area contributed by atoms with Gasteiger partial charge in [-0.3, -0.25) is 4.90 Å². The molecule has 2 aromatic carbocycles. The zero-order chi connectivity index (χ0) is 23.7. The number of carbonyl (C=O) groups excluding carboxylic acids is 1. The summed E-state index contributed by atoms with van der Waals surface area (Å²) in [6.07, 6.45) is 4.27. The molecule has 2 aromatic rings. The van der Waals surface area contributed by atoms with Crippen molar-refractivity contribution in [2.24, 2.45) is 5.92 Å². The summed E-state index contributed by atoms with van der Waals surface area (Å²) in [5.41, 5.74) is 1.28. The third-order valence-electron chi connectivity index (χ3n) is 7.94. The van der Waals surface area contributed by atoms with E-state index in [-0.39, 0.29) is 6.61 Å². The molecule has 178 valence electrons. The number of amides is 1. The molecular weight excluding hydrogens is 436 g/mol. The number of nitriles is 1. The fourth-order valence-corrected chi connectivity index (χ4v) is 5.95. The van der Waals surface area contributed by atoms with Crippen LogP contribution in [0.4, 0.5) is 13.6 Å². The van der Waals surface area contributed by atoms with Crippen LogP contribution in [0.15, 0.2) is 48.5 Å². The molecule has 34 heavy (non-hydrogen) atoms. The maximum Gasteiger partial charge on any atom is 0.410 e. The molecule has 2 saturated heterocycles. The van der Waals surface area contributed by atoms with Gasteiger partial charge in [0.1, 0.15) is 6.61 Å². The average Bonchev–Trinajstić information content (AvgIpc) is 3.49. The SMILES string of the molecule is N#CC1(c2ccccc2)CCC(N2CCC(CN3C(=O)OCC3c3ccc(F)c(F)c3)C2)CC1. The monoisotopic (exact) mass is 465 g/mol. The van der Waals surface area contributed by atoms with Crippen molar-refractivity contribution in [3.8, 4) is 6.07 Å². The fraction of sp³-hybridized carbons (Fsp3) is 0.481. The molecular formula is C27H29F2N3O2. The molecule has 2 atom stereocenters. The molecule has 1 aliphatic carbocycles. The van der Waals surface area contributed by atoms with Gasteiger partial charge in [0.15, 0.2) is 11.6 Å². The van der Waals surface area contributed by atoms with Crippen LogP contribution in [0.2, 0.25) is 0 Å². The first-order valence-electron chi connectivity index (χ1n) is 12.1. The summed E-state index contributed by atoms with van der Waals surface area (Å²) in [6.45, 7) is 2.55. The van der Waals surface area contributed by atoms with Gasteiger partial charge in [0.25, 0.3) is 0 Å². The molecule has 1 saturated carbocycles. The number of hydrogen-bond donors (Lipinski definition) is 0. The highest BCUT2D eigenvalue weighted by Crippen LogP contribution is 2.41. The molecule has 2 heterocycles. The molecule has 0 aromatic heterocycles. The van der Waals surface area contributed by atoms with Crippen molar-refractivity contribution in [1.82, 2.24) is 9.80 Å². The summed E-state index contributed by atoms with van der Waals surface area (Å²) in [5.74, 6) is -1.51. The second-order valence-electron chi connectivity index (χ2n) is 9.86. The predicted molar refractivity (Wildman–Crippen MR) is 123 cm³/mol. The Morgan fingerprint density at radius 1 is 1.06 bits per heavy atom. The Bertz CT molecular complexity index is 1080. The Morgan fingerprint density at radius 3 is 2.53 bits per heavy atom. The van der Waals surface area contributed by atoms with Gasteiger partial charge in [-0.2, -0.15) is 5.26 Å². The van der Waals surface area contributed by atoms with Crippen LogP contribution in [-0.4, -0.2) is 48.2 Å². The highest BCUT2D eigenvalue weighted by molar-refractivity contribution is 5.70. The van der Waals surface area contributed by atoms with E-state index in [0.29, 0.717) is 24.1 Å². The maximum atomic E-state index is 13.8. The smallest absolute Gasteiger partial charge is 0.410 e. The number of carbonyl (C=O) groups is 1. The van der Waals surface area contributed by atoms with Gasteiger partial charge in [-0.05, 0) is 67.8 Å². The van der Waals surface area contributed by atoms with Gasteiger partial charge >= 0.3 is 6.09 Å². The average molecular weight is 466 g/mol. The molecule has 1 amide bonds. The number of cyclic esters (lactones) is 1. The Balaban J connectivity index is 1.20. The van der Waals surface area contributed by atoms with E-state index in [9.17, 15) is 18.8 Å². The molecule has 2 aliphatic heterocycles. The van der Waals surface area contributed by atoms with Crippen LogP contribution < -0.4 is 0 Å². The van der Waals surface area contributed by atoms with Crippen LogP contribution in [0.3, 0.4) is 0 Å². The van der Waals surface area contributed by atoms with E-state index in [1.165, 1.54) is 6.07 Å². The fourth-order valence-electron chi connectivity index (χ4n) is 5.95. The number of ether oxygens (including phenoxy) is 1. The maximum absolute atomic E-state index is 13.8. The first kappa shape index (κ1) is 22.8. The number of benzene rings is 2. The van der Waals surface area contributed by atoms with Crippen LogP contribution in [-0.2, 0) is 10.2 Å². The zero-order valence-electron chi connectivity index (χ0n) is 19.1. The minimum atomic E-state index is -0.912. The lowest BCUT2D eigenvalue weighted by Crippen LogP contribution is -2.41. The Hall–Kier alpha value is -2.98. The minimum absolute atomic E-state index is 0.151. The number of hydrogen-bond acceptors (Lipinski definition) is 4. The van der Waals surface area contributed by atoms with Crippen molar-refractivity contribution in [1.29, 1.82) is 5.26 Å². The Kier molecular flexibility index (Phi) is 6.26. The third kappa shape index (κ3) is 4.27. The topological polar surface area (TPSA) is 56.6 Å². The van der Waals surface area contributed by atoms with Crippen molar-refractivity contribution in [3.05, 3.63) is 71.3 Å². The number of halogens is 2. The molecule has 2 unspecified atom stereocenters. The van der Waals surface area contributed by atoms with E-state index >= 15 is 0 Å². The standard InChI is InChI=1S/C27H29F2N3O2/c28-23-7-6-20(14-24(23)29)25-17-34-26(33)32(25)16-19-10-13-31(15-19)22-8-11-27(18-30,12-9-22)21-4-2-1-3-5-21/h1-7,14,19,22,25H,8-13,15-17H2. The van der Waals surface area contributed by atoms with Gasteiger partial charge in [-0.25, -0.2) is 13.6 Å². The van der Waals surface area contributed by atoms with E-state index < -0.39 is 29.2 Å². The van der Waals surface area contributed by atoms with Crippen molar-refractivity contribution >= 4 is 6.09 Å².